The summed E-state index contributed by atoms with van der Waals surface area (Å²) in [6.45, 7) is 6.69. The van der Waals surface area contributed by atoms with E-state index in [9.17, 15) is 4.79 Å². The van der Waals surface area contributed by atoms with Crippen LogP contribution in [0.15, 0.2) is 4.47 Å². The SMILES string of the molecule is CCn1nc(C)c(Br)c1CN1CCCCC1C(=O)NC. The molecule has 0 saturated carbocycles. The Hall–Kier alpha value is -0.880. The Bertz CT molecular complexity index is 486. The van der Waals surface area contributed by atoms with Gasteiger partial charge < -0.3 is 5.32 Å². The van der Waals surface area contributed by atoms with Gasteiger partial charge in [0.2, 0.25) is 5.91 Å². The molecular weight excluding hydrogens is 320 g/mol. The summed E-state index contributed by atoms with van der Waals surface area (Å²) in [7, 11) is 1.71. The van der Waals surface area contributed by atoms with Crippen molar-refractivity contribution in [3.8, 4) is 0 Å². The van der Waals surface area contributed by atoms with Crippen LogP contribution in [-0.2, 0) is 17.9 Å². The number of likely N-dealkylation sites (tertiary alicyclic amines) is 1. The molecule has 1 N–H and O–H groups in total. The van der Waals surface area contributed by atoms with Gasteiger partial charge in [0.05, 0.1) is 21.9 Å². The summed E-state index contributed by atoms with van der Waals surface area (Å²) in [5.41, 5.74) is 2.18. The smallest absolute Gasteiger partial charge is 0.237 e. The Morgan fingerprint density at radius 2 is 2.25 bits per heavy atom. The van der Waals surface area contributed by atoms with E-state index < -0.39 is 0 Å². The highest BCUT2D eigenvalue weighted by atomic mass is 79.9. The molecule has 0 aromatic carbocycles. The molecule has 20 heavy (non-hydrogen) atoms. The third kappa shape index (κ3) is 3.06. The maximum absolute atomic E-state index is 12.0. The third-order valence-corrected chi connectivity index (χ3v) is 5.00. The molecule has 0 radical (unpaired) electrons. The molecule has 1 aliphatic rings. The number of likely N-dealkylation sites (N-methyl/N-ethyl adjacent to an activating group) is 1. The van der Waals surface area contributed by atoms with Crippen LogP contribution in [0.2, 0.25) is 0 Å². The minimum atomic E-state index is -0.0128. The number of piperidine rings is 1. The molecule has 0 bridgehead atoms. The van der Waals surface area contributed by atoms with Crippen LogP contribution in [0.1, 0.15) is 37.6 Å². The van der Waals surface area contributed by atoms with Crippen LogP contribution >= 0.6 is 15.9 Å². The first kappa shape index (κ1) is 15.5. The number of hydrogen-bond acceptors (Lipinski definition) is 3. The van der Waals surface area contributed by atoms with Gasteiger partial charge in [-0.3, -0.25) is 14.4 Å². The molecule has 1 fully saturated rings. The predicted octanol–water partition coefficient (Wildman–Crippen LogP) is 2.07. The number of carbonyl (C=O) groups excluding carboxylic acids is 1. The highest BCUT2D eigenvalue weighted by Gasteiger charge is 2.29. The highest BCUT2D eigenvalue weighted by Crippen LogP contribution is 2.26. The molecule has 1 unspecified atom stereocenters. The number of halogens is 1. The first-order chi connectivity index (χ1) is 9.58. The number of hydrogen-bond donors (Lipinski definition) is 1. The summed E-state index contributed by atoms with van der Waals surface area (Å²) < 4.78 is 3.09. The maximum Gasteiger partial charge on any atom is 0.237 e. The average Bonchev–Trinajstić information content (AvgIpc) is 2.74. The number of aryl methyl sites for hydroxylation is 2. The Balaban J connectivity index is 2.20. The van der Waals surface area contributed by atoms with Crippen LogP contribution in [-0.4, -0.2) is 40.2 Å². The molecule has 1 aromatic rings. The molecule has 1 aliphatic heterocycles. The number of amides is 1. The van der Waals surface area contributed by atoms with E-state index in [0.29, 0.717) is 0 Å². The maximum atomic E-state index is 12.0. The van der Waals surface area contributed by atoms with Crippen molar-refractivity contribution in [3.05, 3.63) is 15.9 Å². The van der Waals surface area contributed by atoms with Crippen molar-refractivity contribution in [2.45, 2.75) is 52.2 Å². The molecule has 5 nitrogen and oxygen atoms in total. The fraction of sp³-hybridized carbons (Fsp3) is 0.714. The largest absolute Gasteiger partial charge is 0.358 e. The Labute approximate surface area is 128 Å². The quantitative estimate of drug-likeness (QED) is 0.911. The van der Waals surface area contributed by atoms with E-state index in [4.69, 9.17) is 0 Å². The molecule has 1 saturated heterocycles. The van der Waals surface area contributed by atoms with E-state index in [1.54, 1.807) is 7.05 Å². The van der Waals surface area contributed by atoms with Gasteiger partial charge in [0.15, 0.2) is 0 Å². The summed E-state index contributed by atoms with van der Waals surface area (Å²) in [5, 5.41) is 7.31. The molecule has 2 heterocycles. The first-order valence-electron chi connectivity index (χ1n) is 7.25. The molecule has 1 atom stereocenters. The minimum Gasteiger partial charge on any atom is -0.358 e. The molecule has 112 valence electrons. The van der Waals surface area contributed by atoms with Crippen molar-refractivity contribution >= 4 is 21.8 Å². The lowest BCUT2D eigenvalue weighted by Gasteiger charge is -2.34. The Morgan fingerprint density at radius 3 is 2.90 bits per heavy atom. The molecule has 6 heteroatoms. The second-order valence-electron chi connectivity index (χ2n) is 5.26. The van der Waals surface area contributed by atoms with Crippen LogP contribution in [0.3, 0.4) is 0 Å². The van der Waals surface area contributed by atoms with Crippen molar-refractivity contribution in [1.29, 1.82) is 0 Å². The number of rotatable bonds is 4. The van der Waals surface area contributed by atoms with Crippen molar-refractivity contribution in [2.75, 3.05) is 13.6 Å². The van der Waals surface area contributed by atoms with Crippen LogP contribution < -0.4 is 5.32 Å². The third-order valence-electron chi connectivity index (χ3n) is 3.97. The van der Waals surface area contributed by atoms with E-state index in [1.165, 1.54) is 5.69 Å². The second kappa shape index (κ2) is 6.72. The van der Waals surface area contributed by atoms with Gasteiger partial charge in [-0.1, -0.05) is 6.42 Å². The van der Waals surface area contributed by atoms with Gasteiger partial charge in [0.25, 0.3) is 0 Å². The predicted molar refractivity (Wildman–Crippen MR) is 82.5 cm³/mol. The van der Waals surface area contributed by atoms with Gasteiger partial charge in [0.1, 0.15) is 0 Å². The second-order valence-corrected chi connectivity index (χ2v) is 6.05. The summed E-state index contributed by atoms with van der Waals surface area (Å²) in [6.07, 6.45) is 3.22. The summed E-state index contributed by atoms with van der Waals surface area (Å²) in [4.78, 5) is 14.3. The molecular formula is C14H23BrN4O. The lowest BCUT2D eigenvalue weighted by atomic mass is 10.0. The molecule has 0 spiro atoms. The number of nitrogens with one attached hydrogen (secondary N) is 1. The standard InChI is InChI=1S/C14H23BrN4O/c1-4-19-12(13(15)10(2)17-19)9-18-8-6-5-7-11(18)14(20)16-3/h11H,4-9H2,1-3H3,(H,16,20). The fourth-order valence-corrected chi connectivity index (χ4v) is 3.27. The van der Waals surface area contributed by atoms with Crippen molar-refractivity contribution < 1.29 is 4.79 Å². The van der Waals surface area contributed by atoms with Gasteiger partial charge in [0, 0.05) is 20.1 Å². The lowest BCUT2D eigenvalue weighted by molar-refractivity contribution is -0.127. The minimum absolute atomic E-state index is 0.0128. The summed E-state index contributed by atoms with van der Waals surface area (Å²) in [6, 6.07) is -0.0128. The van der Waals surface area contributed by atoms with E-state index in [2.05, 4.69) is 38.2 Å². The Morgan fingerprint density at radius 1 is 1.50 bits per heavy atom. The average molecular weight is 343 g/mol. The van der Waals surface area contributed by atoms with Crippen LogP contribution in [0.25, 0.3) is 0 Å². The zero-order chi connectivity index (χ0) is 14.7. The van der Waals surface area contributed by atoms with Gasteiger partial charge in [-0.15, -0.1) is 0 Å². The van der Waals surface area contributed by atoms with E-state index in [1.807, 2.05) is 11.6 Å². The van der Waals surface area contributed by atoms with Crippen molar-refractivity contribution in [3.63, 3.8) is 0 Å². The zero-order valence-electron chi connectivity index (χ0n) is 12.4. The van der Waals surface area contributed by atoms with Gasteiger partial charge in [-0.05, 0) is 49.2 Å². The van der Waals surface area contributed by atoms with E-state index in [0.717, 1.165) is 49.1 Å². The normalized spacial score (nSPS) is 20.1. The molecule has 1 amide bonds. The van der Waals surface area contributed by atoms with Crippen LogP contribution in [0.4, 0.5) is 0 Å². The monoisotopic (exact) mass is 342 g/mol. The highest BCUT2D eigenvalue weighted by molar-refractivity contribution is 9.10. The topological polar surface area (TPSA) is 50.2 Å². The van der Waals surface area contributed by atoms with Crippen molar-refractivity contribution in [2.24, 2.45) is 0 Å². The zero-order valence-corrected chi connectivity index (χ0v) is 14.0. The summed E-state index contributed by atoms with van der Waals surface area (Å²) >= 11 is 3.63. The summed E-state index contributed by atoms with van der Waals surface area (Å²) in [5.74, 6) is 0.125. The van der Waals surface area contributed by atoms with Crippen LogP contribution in [0.5, 0.6) is 0 Å². The van der Waals surface area contributed by atoms with E-state index in [-0.39, 0.29) is 11.9 Å². The number of nitrogens with zero attached hydrogens (tertiary/aromatic N) is 3. The first-order valence-corrected chi connectivity index (χ1v) is 8.05. The fourth-order valence-electron chi connectivity index (χ4n) is 2.86. The van der Waals surface area contributed by atoms with Gasteiger partial charge in [-0.2, -0.15) is 5.10 Å². The number of carbonyl (C=O) groups is 1. The van der Waals surface area contributed by atoms with Crippen molar-refractivity contribution in [1.82, 2.24) is 20.0 Å². The Kier molecular flexibility index (Phi) is 5.21. The molecule has 0 aliphatic carbocycles. The lowest BCUT2D eigenvalue weighted by Crippen LogP contribution is -2.48. The molecule has 1 aromatic heterocycles. The van der Waals surface area contributed by atoms with Crippen LogP contribution in [0, 0.1) is 6.92 Å². The van der Waals surface area contributed by atoms with Gasteiger partial charge in [-0.25, -0.2) is 0 Å². The van der Waals surface area contributed by atoms with E-state index >= 15 is 0 Å². The number of aromatic nitrogens is 2. The van der Waals surface area contributed by atoms with Gasteiger partial charge >= 0.3 is 0 Å². The molecule has 2 rings (SSSR count).